The highest BCUT2D eigenvalue weighted by molar-refractivity contribution is 7.91. The van der Waals surface area contributed by atoms with E-state index >= 15 is 0 Å². The SMILES string of the molecule is C[C@]1(NC(=O)c2nnc3n2CCCCC3)CCS(=O)(=O)C1. The summed E-state index contributed by atoms with van der Waals surface area (Å²) in [7, 11) is -3.05. The third-order valence-corrected chi connectivity index (χ3v) is 6.13. The highest BCUT2D eigenvalue weighted by atomic mass is 32.2. The molecule has 2 aliphatic rings. The molecule has 0 spiro atoms. The van der Waals surface area contributed by atoms with Crippen molar-refractivity contribution in [2.75, 3.05) is 11.5 Å². The summed E-state index contributed by atoms with van der Waals surface area (Å²) in [4.78, 5) is 12.4. The third kappa shape index (κ3) is 2.95. The number of carbonyl (C=O) groups is 1. The van der Waals surface area contributed by atoms with E-state index in [1.165, 1.54) is 0 Å². The largest absolute Gasteiger partial charge is 0.343 e. The van der Waals surface area contributed by atoms with Gasteiger partial charge >= 0.3 is 0 Å². The molecule has 1 atom stereocenters. The Morgan fingerprint density at radius 1 is 1.29 bits per heavy atom. The average Bonchev–Trinajstić information content (AvgIpc) is 2.81. The molecule has 0 saturated carbocycles. The molecule has 1 N–H and O–H groups in total. The number of hydrogen-bond acceptors (Lipinski definition) is 5. The minimum absolute atomic E-state index is 0.00721. The van der Waals surface area contributed by atoms with Gasteiger partial charge in [-0.05, 0) is 26.2 Å². The molecule has 3 heterocycles. The zero-order chi connectivity index (χ0) is 15.1. The van der Waals surface area contributed by atoms with Crippen LogP contribution in [-0.4, -0.2) is 46.1 Å². The molecule has 1 saturated heterocycles. The highest BCUT2D eigenvalue weighted by Crippen LogP contribution is 2.23. The number of nitrogens with zero attached hydrogens (tertiary/aromatic N) is 3. The molecular weight excluding hydrogens is 292 g/mol. The van der Waals surface area contributed by atoms with Crippen molar-refractivity contribution in [3.05, 3.63) is 11.6 Å². The van der Waals surface area contributed by atoms with Gasteiger partial charge in [-0.15, -0.1) is 10.2 Å². The first kappa shape index (κ1) is 14.5. The van der Waals surface area contributed by atoms with Gasteiger partial charge in [-0.1, -0.05) is 6.42 Å². The van der Waals surface area contributed by atoms with Crippen molar-refractivity contribution < 1.29 is 13.2 Å². The van der Waals surface area contributed by atoms with Crippen LogP contribution >= 0.6 is 0 Å². The fraction of sp³-hybridized carbons (Fsp3) is 0.769. The summed E-state index contributed by atoms with van der Waals surface area (Å²) in [5, 5.41) is 10.9. The van der Waals surface area contributed by atoms with Crippen LogP contribution in [0.25, 0.3) is 0 Å². The van der Waals surface area contributed by atoms with Crippen LogP contribution < -0.4 is 5.32 Å². The van der Waals surface area contributed by atoms with E-state index in [9.17, 15) is 13.2 Å². The van der Waals surface area contributed by atoms with Gasteiger partial charge in [0, 0.05) is 13.0 Å². The van der Waals surface area contributed by atoms with Crippen LogP contribution in [0.5, 0.6) is 0 Å². The Kier molecular flexibility index (Phi) is 3.51. The first-order chi connectivity index (χ1) is 9.89. The average molecular weight is 312 g/mol. The molecule has 0 unspecified atom stereocenters. The number of carbonyl (C=O) groups excluding carboxylic acids is 1. The Balaban J connectivity index is 1.79. The number of hydrogen-bond donors (Lipinski definition) is 1. The molecule has 1 fully saturated rings. The van der Waals surface area contributed by atoms with Crippen LogP contribution in [-0.2, 0) is 22.8 Å². The van der Waals surface area contributed by atoms with Crippen LogP contribution in [0, 0.1) is 0 Å². The molecule has 21 heavy (non-hydrogen) atoms. The van der Waals surface area contributed by atoms with Crippen molar-refractivity contribution in [1.82, 2.24) is 20.1 Å². The highest BCUT2D eigenvalue weighted by Gasteiger charge is 2.40. The van der Waals surface area contributed by atoms with Gasteiger partial charge in [-0.3, -0.25) is 4.79 Å². The number of rotatable bonds is 2. The fourth-order valence-electron chi connectivity index (χ4n) is 3.09. The number of fused-ring (bicyclic) bond motifs is 1. The molecule has 2 aliphatic heterocycles. The molecule has 1 amide bonds. The normalized spacial score (nSPS) is 27.9. The molecule has 1 aromatic heterocycles. The number of amides is 1. The van der Waals surface area contributed by atoms with Crippen molar-refractivity contribution in [2.45, 2.75) is 51.1 Å². The molecule has 3 rings (SSSR count). The summed E-state index contributed by atoms with van der Waals surface area (Å²) in [6, 6.07) is 0. The molecule has 0 aliphatic carbocycles. The maximum Gasteiger partial charge on any atom is 0.289 e. The lowest BCUT2D eigenvalue weighted by Gasteiger charge is -2.23. The third-order valence-electron chi connectivity index (χ3n) is 4.23. The van der Waals surface area contributed by atoms with Gasteiger partial charge in [0.2, 0.25) is 5.82 Å². The fourth-order valence-corrected chi connectivity index (χ4v) is 5.19. The Labute approximate surface area is 124 Å². The van der Waals surface area contributed by atoms with Gasteiger partial charge in [0.15, 0.2) is 9.84 Å². The maximum absolute atomic E-state index is 12.4. The van der Waals surface area contributed by atoms with Gasteiger partial charge in [-0.25, -0.2) is 8.42 Å². The lowest BCUT2D eigenvalue weighted by molar-refractivity contribution is 0.0899. The smallest absolute Gasteiger partial charge is 0.289 e. The van der Waals surface area contributed by atoms with Crippen LogP contribution in [0.15, 0.2) is 0 Å². The predicted molar refractivity (Wildman–Crippen MR) is 76.7 cm³/mol. The minimum Gasteiger partial charge on any atom is -0.343 e. The van der Waals surface area contributed by atoms with E-state index in [4.69, 9.17) is 0 Å². The monoisotopic (exact) mass is 312 g/mol. The zero-order valence-corrected chi connectivity index (χ0v) is 12.9. The van der Waals surface area contributed by atoms with Crippen molar-refractivity contribution in [2.24, 2.45) is 0 Å². The number of aromatic nitrogens is 3. The van der Waals surface area contributed by atoms with Crippen LogP contribution in [0.4, 0.5) is 0 Å². The van der Waals surface area contributed by atoms with Crippen LogP contribution in [0.3, 0.4) is 0 Å². The van der Waals surface area contributed by atoms with Crippen LogP contribution in [0.1, 0.15) is 49.1 Å². The first-order valence-corrected chi connectivity index (χ1v) is 9.16. The summed E-state index contributed by atoms with van der Waals surface area (Å²) >= 11 is 0. The number of nitrogens with one attached hydrogen (secondary N) is 1. The van der Waals surface area contributed by atoms with E-state index in [0.717, 1.165) is 38.1 Å². The second kappa shape index (κ2) is 5.08. The standard InChI is InChI=1S/C13H20N4O3S/c1-13(6-8-21(19,20)9-13)14-12(18)11-16-15-10-5-3-2-4-7-17(10)11/h2-9H2,1H3,(H,14,18)/t13-/m0/s1. The Morgan fingerprint density at radius 3 is 2.81 bits per heavy atom. The Bertz CT molecular complexity index is 667. The van der Waals surface area contributed by atoms with Gasteiger partial charge in [-0.2, -0.15) is 0 Å². The summed E-state index contributed by atoms with van der Waals surface area (Å²) in [5.74, 6) is 0.948. The van der Waals surface area contributed by atoms with Crippen molar-refractivity contribution in [3.8, 4) is 0 Å². The second-order valence-electron chi connectivity index (χ2n) is 6.26. The molecule has 0 radical (unpaired) electrons. The van der Waals surface area contributed by atoms with E-state index in [-0.39, 0.29) is 17.4 Å². The summed E-state index contributed by atoms with van der Waals surface area (Å²) in [6.07, 6.45) is 4.49. The van der Waals surface area contributed by atoms with E-state index in [1.54, 1.807) is 6.92 Å². The molecule has 7 nitrogen and oxygen atoms in total. The minimum atomic E-state index is -3.05. The Hall–Kier alpha value is -1.44. The van der Waals surface area contributed by atoms with Crippen molar-refractivity contribution >= 4 is 15.7 Å². The van der Waals surface area contributed by atoms with Gasteiger partial charge in [0.25, 0.3) is 5.91 Å². The second-order valence-corrected chi connectivity index (χ2v) is 8.44. The number of sulfone groups is 1. The summed E-state index contributed by atoms with van der Waals surface area (Å²) in [5.41, 5.74) is -0.701. The molecular formula is C13H20N4O3S. The van der Waals surface area contributed by atoms with Gasteiger partial charge in [0.05, 0.1) is 17.0 Å². The van der Waals surface area contributed by atoms with Crippen molar-refractivity contribution in [3.63, 3.8) is 0 Å². The van der Waals surface area contributed by atoms with E-state index in [2.05, 4.69) is 15.5 Å². The molecule has 8 heteroatoms. The lowest BCUT2D eigenvalue weighted by Crippen LogP contribution is -2.47. The van der Waals surface area contributed by atoms with E-state index < -0.39 is 15.4 Å². The number of aryl methyl sites for hydroxylation is 1. The first-order valence-electron chi connectivity index (χ1n) is 7.34. The van der Waals surface area contributed by atoms with Gasteiger partial charge < -0.3 is 9.88 Å². The lowest BCUT2D eigenvalue weighted by atomic mass is 10.0. The predicted octanol–water partition coefficient (Wildman–Crippen LogP) is 0.311. The summed E-state index contributed by atoms with van der Waals surface area (Å²) < 4.78 is 25.1. The van der Waals surface area contributed by atoms with Gasteiger partial charge in [0.1, 0.15) is 5.82 Å². The molecule has 0 aromatic carbocycles. The zero-order valence-electron chi connectivity index (χ0n) is 12.1. The van der Waals surface area contributed by atoms with E-state index in [0.29, 0.717) is 12.2 Å². The summed E-state index contributed by atoms with van der Waals surface area (Å²) in [6.45, 7) is 2.52. The maximum atomic E-state index is 12.4. The van der Waals surface area contributed by atoms with E-state index in [1.807, 2.05) is 4.57 Å². The van der Waals surface area contributed by atoms with Crippen LogP contribution in [0.2, 0.25) is 0 Å². The molecule has 1 aromatic rings. The quantitative estimate of drug-likeness (QED) is 0.848. The molecule has 116 valence electrons. The molecule has 0 bridgehead atoms. The van der Waals surface area contributed by atoms with Crippen molar-refractivity contribution in [1.29, 1.82) is 0 Å². The topological polar surface area (TPSA) is 93.9 Å². The Morgan fingerprint density at radius 2 is 2.10 bits per heavy atom.